The minimum absolute atomic E-state index is 0.105. The summed E-state index contributed by atoms with van der Waals surface area (Å²) < 4.78 is 15.6. The fourth-order valence-corrected chi connectivity index (χ4v) is 3.19. The predicted octanol–water partition coefficient (Wildman–Crippen LogP) is 2.64. The van der Waals surface area contributed by atoms with Gasteiger partial charge in [-0.1, -0.05) is 17.7 Å². The van der Waals surface area contributed by atoms with Crippen LogP contribution in [0.15, 0.2) is 30.3 Å². The van der Waals surface area contributed by atoms with E-state index >= 15 is 0 Å². The van der Waals surface area contributed by atoms with Crippen molar-refractivity contribution in [2.24, 2.45) is 0 Å². The summed E-state index contributed by atoms with van der Waals surface area (Å²) in [7, 11) is 0. The highest BCUT2D eigenvalue weighted by molar-refractivity contribution is 5.98. The third kappa shape index (κ3) is 4.89. The van der Waals surface area contributed by atoms with Crippen LogP contribution in [-0.2, 0) is 14.3 Å². The minimum atomic E-state index is -1.01. The third-order valence-electron chi connectivity index (χ3n) is 4.63. The molecule has 1 aliphatic rings. The lowest BCUT2D eigenvalue weighted by atomic mass is 10.0. The normalized spacial score (nSPS) is 12.8. The van der Waals surface area contributed by atoms with Crippen molar-refractivity contribution in [1.29, 1.82) is 0 Å². The average molecular weight is 412 g/mol. The molecule has 3 rings (SSSR count). The molecule has 2 amide bonds. The van der Waals surface area contributed by atoms with Gasteiger partial charge in [0.25, 0.3) is 11.8 Å². The van der Waals surface area contributed by atoms with Crippen LogP contribution in [0.5, 0.6) is 11.5 Å². The van der Waals surface area contributed by atoms with Gasteiger partial charge in [-0.3, -0.25) is 14.4 Å². The molecule has 158 valence electrons. The Hall–Kier alpha value is -3.55. The van der Waals surface area contributed by atoms with Gasteiger partial charge in [-0.15, -0.1) is 0 Å². The molecular formula is C22H24N2O6. The van der Waals surface area contributed by atoms with Gasteiger partial charge >= 0.3 is 5.97 Å². The summed E-state index contributed by atoms with van der Waals surface area (Å²) in [5, 5.41) is 5.26. The van der Waals surface area contributed by atoms with Gasteiger partial charge in [-0.2, -0.15) is 0 Å². The number of ether oxygens (including phenoxy) is 3. The van der Waals surface area contributed by atoms with Crippen LogP contribution in [0.4, 0.5) is 5.69 Å². The van der Waals surface area contributed by atoms with Crippen LogP contribution in [0.1, 0.15) is 34.0 Å². The number of carbonyl (C=O) groups excluding carboxylic acids is 3. The van der Waals surface area contributed by atoms with Crippen molar-refractivity contribution in [1.82, 2.24) is 5.32 Å². The SMILES string of the molecule is Cc1cc(C)c(NC(=O)[C@@H](C)OC(=O)CNC(=O)c2ccc3c(c2)OCO3)c(C)c1. The lowest BCUT2D eigenvalue weighted by Crippen LogP contribution is -2.36. The lowest BCUT2D eigenvalue weighted by molar-refractivity contribution is -0.152. The molecule has 1 aliphatic heterocycles. The van der Waals surface area contributed by atoms with E-state index in [0.29, 0.717) is 22.7 Å². The molecular weight excluding hydrogens is 388 g/mol. The molecule has 0 aromatic heterocycles. The number of rotatable bonds is 6. The highest BCUT2D eigenvalue weighted by Crippen LogP contribution is 2.32. The molecule has 8 nitrogen and oxygen atoms in total. The molecule has 0 saturated heterocycles. The van der Waals surface area contributed by atoms with Crippen LogP contribution in [0.2, 0.25) is 0 Å². The smallest absolute Gasteiger partial charge is 0.326 e. The monoisotopic (exact) mass is 412 g/mol. The zero-order valence-corrected chi connectivity index (χ0v) is 17.3. The Morgan fingerprint density at radius 3 is 2.40 bits per heavy atom. The summed E-state index contributed by atoms with van der Waals surface area (Å²) in [5.41, 5.74) is 3.97. The Morgan fingerprint density at radius 2 is 1.70 bits per heavy atom. The van der Waals surface area contributed by atoms with E-state index in [-0.39, 0.29) is 13.3 Å². The Labute approximate surface area is 174 Å². The van der Waals surface area contributed by atoms with Crippen LogP contribution < -0.4 is 20.1 Å². The van der Waals surface area contributed by atoms with Gasteiger partial charge in [0.1, 0.15) is 6.54 Å². The molecule has 0 spiro atoms. The second-order valence-electron chi connectivity index (χ2n) is 7.15. The predicted molar refractivity (Wildman–Crippen MR) is 110 cm³/mol. The summed E-state index contributed by atoms with van der Waals surface area (Å²) in [4.78, 5) is 36.7. The van der Waals surface area contributed by atoms with E-state index in [0.717, 1.165) is 16.7 Å². The first-order chi connectivity index (χ1) is 14.2. The van der Waals surface area contributed by atoms with Crippen LogP contribution in [-0.4, -0.2) is 37.2 Å². The highest BCUT2D eigenvalue weighted by Gasteiger charge is 2.21. The summed E-state index contributed by atoms with van der Waals surface area (Å²) in [6.45, 7) is 7.00. The Bertz CT molecular complexity index is 978. The average Bonchev–Trinajstić information content (AvgIpc) is 3.16. The van der Waals surface area contributed by atoms with E-state index < -0.39 is 23.9 Å². The number of hydrogen-bond acceptors (Lipinski definition) is 6. The van der Waals surface area contributed by atoms with E-state index in [1.165, 1.54) is 13.0 Å². The number of esters is 1. The summed E-state index contributed by atoms with van der Waals surface area (Å²) >= 11 is 0. The Kier molecular flexibility index (Phi) is 6.25. The quantitative estimate of drug-likeness (QED) is 0.707. The molecule has 30 heavy (non-hydrogen) atoms. The molecule has 2 N–H and O–H groups in total. The van der Waals surface area contributed by atoms with Crippen LogP contribution in [0.3, 0.4) is 0 Å². The fraction of sp³-hybridized carbons (Fsp3) is 0.318. The minimum Gasteiger partial charge on any atom is -0.454 e. The number of benzene rings is 2. The van der Waals surface area contributed by atoms with E-state index in [2.05, 4.69) is 10.6 Å². The largest absolute Gasteiger partial charge is 0.454 e. The molecule has 2 aromatic rings. The zero-order chi connectivity index (χ0) is 21.8. The Balaban J connectivity index is 1.50. The highest BCUT2D eigenvalue weighted by atomic mass is 16.7. The molecule has 0 fully saturated rings. The molecule has 0 bridgehead atoms. The molecule has 2 aromatic carbocycles. The van der Waals surface area contributed by atoms with Crippen molar-refractivity contribution in [3.63, 3.8) is 0 Å². The van der Waals surface area contributed by atoms with Crippen molar-refractivity contribution in [3.05, 3.63) is 52.6 Å². The van der Waals surface area contributed by atoms with Crippen LogP contribution >= 0.6 is 0 Å². The number of hydrogen-bond donors (Lipinski definition) is 2. The summed E-state index contributed by atoms with van der Waals surface area (Å²) in [6, 6.07) is 8.65. The topological polar surface area (TPSA) is 103 Å². The molecule has 0 radical (unpaired) electrons. The van der Waals surface area contributed by atoms with Crippen molar-refractivity contribution < 1.29 is 28.6 Å². The molecule has 0 saturated carbocycles. The van der Waals surface area contributed by atoms with Gasteiger partial charge in [-0.05, 0) is 57.0 Å². The van der Waals surface area contributed by atoms with Crippen molar-refractivity contribution in [2.45, 2.75) is 33.8 Å². The fourth-order valence-electron chi connectivity index (χ4n) is 3.19. The number of fused-ring (bicyclic) bond motifs is 1. The van der Waals surface area contributed by atoms with Crippen molar-refractivity contribution in [2.75, 3.05) is 18.7 Å². The zero-order valence-electron chi connectivity index (χ0n) is 17.3. The lowest BCUT2D eigenvalue weighted by Gasteiger charge is -2.17. The van der Waals surface area contributed by atoms with E-state index in [1.54, 1.807) is 12.1 Å². The van der Waals surface area contributed by atoms with E-state index in [9.17, 15) is 14.4 Å². The molecule has 0 unspecified atom stereocenters. The van der Waals surface area contributed by atoms with Crippen LogP contribution in [0.25, 0.3) is 0 Å². The van der Waals surface area contributed by atoms with Gasteiger partial charge in [0.15, 0.2) is 17.6 Å². The first-order valence-corrected chi connectivity index (χ1v) is 9.50. The number of anilines is 1. The Morgan fingerprint density at radius 1 is 1.03 bits per heavy atom. The van der Waals surface area contributed by atoms with Gasteiger partial charge in [0.2, 0.25) is 6.79 Å². The molecule has 1 atom stereocenters. The van der Waals surface area contributed by atoms with Gasteiger partial charge in [0.05, 0.1) is 0 Å². The van der Waals surface area contributed by atoms with Gasteiger partial charge < -0.3 is 24.8 Å². The maximum Gasteiger partial charge on any atom is 0.326 e. The first kappa shape index (κ1) is 21.2. The van der Waals surface area contributed by atoms with E-state index in [4.69, 9.17) is 14.2 Å². The second-order valence-corrected chi connectivity index (χ2v) is 7.15. The number of amides is 2. The molecule has 0 aliphatic carbocycles. The second kappa shape index (κ2) is 8.86. The van der Waals surface area contributed by atoms with Crippen molar-refractivity contribution >= 4 is 23.5 Å². The number of nitrogens with one attached hydrogen (secondary N) is 2. The number of carbonyl (C=O) groups is 3. The summed E-state index contributed by atoms with van der Waals surface area (Å²) in [5.74, 6) is -0.597. The number of aryl methyl sites for hydroxylation is 3. The first-order valence-electron chi connectivity index (χ1n) is 9.50. The van der Waals surface area contributed by atoms with E-state index in [1.807, 2.05) is 32.9 Å². The van der Waals surface area contributed by atoms with Gasteiger partial charge in [-0.25, -0.2) is 0 Å². The summed E-state index contributed by atoms with van der Waals surface area (Å²) in [6.07, 6.45) is -1.01. The van der Waals surface area contributed by atoms with Gasteiger partial charge in [0, 0.05) is 11.3 Å². The maximum absolute atomic E-state index is 12.4. The molecule has 8 heteroatoms. The maximum atomic E-state index is 12.4. The molecule has 1 heterocycles. The van der Waals surface area contributed by atoms with Crippen LogP contribution in [0, 0.1) is 20.8 Å². The van der Waals surface area contributed by atoms with Crippen molar-refractivity contribution in [3.8, 4) is 11.5 Å². The standard InChI is InChI=1S/C22H24N2O6/c1-12-7-13(2)20(14(3)8-12)24-21(26)15(4)30-19(25)10-23-22(27)16-5-6-17-18(9-16)29-11-28-17/h5-9,15H,10-11H2,1-4H3,(H,23,27)(H,24,26)/t15-/m1/s1. The third-order valence-corrected chi connectivity index (χ3v) is 4.63.